The standard InChI is InChI=1S/C29H31N3O2S2/c1-2-22-12-9-13-24-23(19-31(27(22)24)20-26(33)30-15-7-4-8-16-30)18-25-28(34)32(29(35)36-25)17-14-21-10-5-3-6-11-21/h3,5-6,9-13,18-19H,2,4,7-8,14-17,20H2,1H3/b25-18-. The van der Waals surface area contributed by atoms with Crippen LogP contribution in [0.25, 0.3) is 17.0 Å². The van der Waals surface area contributed by atoms with Crippen molar-refractivity contribution in [2.24, 2.45) is 0 Å². The number of aromatic nitrogens is 1. The molecule has 186 valence electrons. The highest BCUT2D eigenvalue weighted by atomic mass is 32.2. The monoisotopic (exact) mass is 517 g/mol. The average molecular weight is 518 g/mol. The lowest BCUT2D eigenvalue weighted by Gasteiger charge is -2.27. The van der Waals surface area contributed by atoms with Gasteiger partial charge in [-0.1, -0.05) is 79.4 Å². The number of thioether (sulfide) groups is 1. The summed E-state index contributed by atoms with van der Waals surface area (Å²) in [4.78, 5) is 30.7. The largest absolute Gasteiger partial charge is 0.341 e. The second kappa shape index (κ2) is 11.0. The van der Waals surface area contributed by atoms with Gasteiger partial charge in [-0.05, 0) is 49.3 Å². The van der Waals surface area contributed by atoms with E-state index >= 15 is 0 Å². The molecule has 0 spiro atoms. The van der Waals surface area contributed by atoms with Crippen LogP contribution >= 0.6 is 24.0 Å². The Kier molecular flexibility index (Phi) is 7.58. The number of rotatable bonds is 7. The molecule has 2 amide bonds. The van der Waals surface area contributed by atoms with E-state index in [2.05, 4.69) is 41.8 Å². The Morgan fingerprint density at radius 3 is 2.58 bits per heavy atom. The van der Waals surface area contributed by atoms with E-state index in [4.69, 9.17) is 12.2 Å². The minimum Gasteiger partial charge on any atom is -0.341 e. The van der Waals surface area contributed by atoms with Crippen molar-refractivity contribution in [3.05, 3.63) is 76.3 Å². The van der Waals surface area contributed by atoms with Crippen molar-refractivity contribution in [1.82, 2.24) is 14.4 Å². The van der Waals surface area contributed by atoms with Gasteiger partial charge in [-0.15, -0.1) is 0 Å². The van der Waals surface area contributed by atoms with Crippen LogP contribution in [0.1, 0.15) is 42.9 Å². The summed E-state index contributed by atoms with van der Waals surface area (Å²) in [6.45, 7) is 4.71. The van der Waals surface area contributed by atoms with Gasteiger partial charge in [-0.2, -0.15) is 0 Å². The Hall–Kier alpha value is -2.90. The Balaban J connectivity index is 1.42. The number of thiocarbonyl (C=S) groups is 1. The van der Waals surface area contributed by atoms with E-state index in [1.807, 2.05) is 35.4 Å². The maximum absolute atomic E-state index is 13.3. The molecule has 3 heterocycles. The molecule has 2 aromatic carbocycles. The van der Waals surface area contributed by atoms with Crippen LogP contribution in [0.3, 0.4) is 0 Å². The Bertz CT molecular complexity index is 1320. The predicted octanol–water partition coefficient (Wildman–Crippen LogP) is 5.66. The van der Waals surface area contributed by atoms with Crippen molar-refractivity contribution in [3.63, 3.8) is 0 Å². The Labute approximate surface area is 222 Å². The topological polar surface area (TPSA) is 45.6 Å². The lowest BCUT2D eigenvalue weighted by Crippen LogP contribution is -2.37. The first kappa shape index (κ1) is 24.8. The Morgan fingerprint density at radius 2 is 1.83 bits per heavy atom. The summed E-state index contributed by atoms with van der Waals surface area (Å²) in [5.74, 6) is 0.120. The zero-order valence-electron chi connectivity index (χ0n) is 20.6. The molecule has 0 saturated carbocycles. The van der Waals surface area contributed by atoms with Gasteiger partial charge in [0.05, 0.1) is 10.4 Å². The van der Waals surface area contributed by atoms with E-state index in [9.17, 15) is 9.59 Å². The molecule has 5 rings (SSSR count). The third kappa shape index (κ3) is 5.13. The van der Waals surface area contributed by atoms with Gasteiger partial charge < -0.3 is 9.47 Å². The highest BCUT2D eigenvalue weighted by Crippen LogP contribution is 2.35. The summed E-state index contributed by atoms with van der Waals surface area (Å²) >= 11 is 6.93. The summed E-state index contributed by atoms with van der Waals surface area (Å²) in [7, 11) is 0. The predicted molar refractivity (Wildman–Crippen MR) is 152 cm³/mol. The number of amides is 2. The third-order valence-electron chi connectivity index (χ3n) is 7.04. The van der Waals surface area contributed by atoms with Crippen molar-refractivity contribution < 1.29 is 9.59 Å². The van der Waals surface area contributed by atoms with Crippen LogP contribution in [0.5, 0.6) is 0 Å². The van der Waals surface area contributed by atoms with Crippen LogP contribution in [0.4, 0.5) is 0 Å². The summed E-state index contributed by atoms with van der Waals surface area (Å²) in [6, 6.07) is 16.4. The van der Waals surface area contributed by atoms with Gasteiger partial charge in [0.1, 0.15) is 10.9 Å². The number of hydrogen-bond donors (Lipinski definition) is 0. The van der Waals surface area contributed by atoms with E-state index in [0.29, 0.717) is 22.3 Å². The molecule has 36 heavy (non-hydrogen) atoms. The molecular formula is C29H31N3O2S2. The number of para-hydroxylation sites is 1. The van der Waals surface area contributed by atoms with Crippen molar-refractivity contribution in [1.29, 1.82) is 0 Å². The molecule has 7 heteroatoms. The highest BCUT2D eigenvalue weighted by Gasteiger charge is 2.32. The van der Waals surface area contributed by atoms with E-state index in [1.165, 1.54) is 29.3 Å². The molecule has 2 saturated heterocycles. The number of aryl methyl sites for hydroxylation is 1. The lowest BCUT2D eigenvalue weighted by molar-refractivity contribution is -0.132. The van der Waals surface area contributed by atoms with E-state index in [0.717, 1.165) is 55.2 Å². The number of piperidine rings is 1. The number of nitrogens with zero attached hydrogens (tertiary/aromatic N) is 3. The van der Waals surface area contributed by atoms with Gasteiger partial charge in [-0.3, -0.25) is 14.5 Å². The number of carbonyl (C=O) groups excluding carboxylic acids is 2. The molecule has 2 aliphatic heterocycles. The van der Waals surface area contributed by atoms with Crippen LogP contribution in [0.2, 0.25) is 0 Å². The molecule has 5 nitrogen and oxygen atoms in total. The smallest absolute Gasteiger partial charge is 0.266 e. The van der Waals surface area contributed by atoms with Gasteiger partial charge in [0.25, 0.3) is 5.91 Å². The maximum Gasteiger partial charge on any atom is 0.266 e. The fraction of sp³-hybridized carbons (Fsp3) is 0.345. The summed E-state index contributed by atoms with van der Waals surface area (Å²) in [6.07, 6.45) is 8.97. The fourth-order valence-electron chi connectivity index (χ4n) is 5.10. The zero-order valence-corrected chi connectivity index (χ0v) is 22.2. The van der Waals surface area contributed by atoms with Crippen LogP contribution in [-0.2, 0) is 29.0 Å². The van der Waals surface area contributed by atoms with E-state index < -0.39 is 0 Å². The van der Waals surface area contributed by atoms with Gasteiger partial charge in [0.15, 0.2) is 0 Å². The van der Waals surface area contributed by atoms with Crippen LogP contribution in [-0.4, -0.2) is 50.1 Å². The molecule has 0 aliphatic carbocycles. The molecule has 0 N–H and O–H groups in total. The number of carbonyl (C=O) groups is 2. The molecule has 0 radical (unpaired) electrons. The van der Waals surface area contributed by atoms with Crippen molar-refractivity contribution in [3.8, 4) is 0 Å². The number of likely N-dealkylation sites (tertiary alicyclic amines) is 1. The summed E-state index contributed by atoms with van der Waals surface area (Å²) in [5.41, 5.74) is 4.42. The number of fused-ring (bicyclic) bond motifs is 1. The zero-order chi connectivity index (χ0) is 25.1. The minimum absolute atomic E-state index is 0.0436. The molecule has 0 atom stereocenters. The second-order valence-corrected chi connectivity index (χ2v) is 11.1. The van der Waals surface area contributed by atoms with Gasteiger partial charge >= 0.3 is 0 Å². The molecule has 3 aromatic rings. The molecular weight excluding hydrogens is 486 g/mol. The molecule has 2 aliphatic rings. The average Bonchev–Trinajstić information content (AvgIpc) is 3.39. The first-order valence-electron chi connectivity index (χ1n) is 12.7. The third-order valence-corrected chi connectivity index (χ3v) is 8.41. The molecule has 0 bridgehead atoms. The van der Waals surface area contributed by atoms with Gasteiger partial charge in [-0.25, -0.2) is 0 Å². The fourth-order valence-corrected chi connectivity index (χ4v) is 6.40. The maximum atomic E-state index is 13.3. The van der Waals surface area contributed by atoms with Crippen LogP contribution < -0.4 is 0 Å². The van der Waals surface area contributed by atoms with Crippen LogP contribution in [0, 0.1) is 0 Å². The normalized spacial score (nSPS) is 17.5. The highest BCUT2D eigenvalue weighted by molar-refractivity contribution is 8.26. The number of benzene rings is 2. The van der Waals surface area contributed by atoms with E-state index in [-0.39, 0.29) is 11.8 Å². The van der Waals surface area contributed by atoms with Crippen molar-refractivity contribution >= 4 is 57.1 Å². The van der Waals surface area contributed by atoms with E-state index in [1.54, 1.807) is 4.90 Å². The lowest BCUT2D eigenvalue weighted by atomic mass is 10.1. The first-order chi connectivity index (χ1) is 17.5. The van der Waals surface area contributed by atoms with Gasteiger partial charge in [0.2, 0.25) is 5.91 Å². The molecule has 2 fully saturated rings. The summed E-state index contributed by atoms with van der Waals surface area (Å²) < 4.78 is 2.67. The minimum atomic E-state index is -0.0436. The number of hydrogen-bond acceptors (Lipinski definition) is 4. The van der Waals surface area contributed by atoms with Crippen molar-refractivity contribution in [2.75, 3.05) is 19.6 Å². The Morgan fingerprint density at radius 1 is 1.06 bits per heavy atom. The summed E-state index contributed by atoms with van der Waals surface area (Å²) in [5, 5.41) is 1.07. The molecule has 1 aromatic heterocycles. The van der Waals surface area contributed by atoms with Gasteiger partial charge in [0, 0.05) is 36.8 Å². The SMILES string of the molecule is CCc1cccc2c(/C=C3\SC(=S)N(CCc4ccccc4)C3=O)cn(CC(=O)N3CCCCC3)c12. The molecule has 0 unspecified atom stereocenters. The first-order valence-corrected chi connectivity index (χ1v) is 14.0. The second-order valence-electron chi connectivity index (χ2n) is 9.39. The van der Waals surface area contributed by atoms with Crippen LogP contribution in [0.15, 0.2) is 59.6 Å². The quantitative estimate of drug-likeness (QED) is 0.300. The van der Waals surface area contributed by atoms with Crippen molar-refractivity contribution in [2.45, 2.75) is 45.6 Å².